The second-order valence-electron chi connectivity index (χ2n) is 3.93. The summed E-state index contributed by atoms with van der Waals surface area (Å²) >= 11 is 0. The summed E-state index contributed by atoms with van der Waals surface area (Å²) in [6, 6.07) is 16.3. The average molecular weight is 209 g/mol. The fourth-order valence-corrected chi connectivity index (χ4v) is 2.27. The first-order valence-corrected chi connectivity index (χ1v) is 5.29. The van der Waals surface area contributed by atoms with E-state index in [0.29, 0.717) is 6.42 Å². The maximum Gasteiger partial charge on any atom is 0.0917 e. The van der Waals surface area contributed by atoms with E-state index >= 15 is 0 Å². The van der Waals surface area contributed by atoms with Gasteiger partial charge in [0.05, 0.1) is 5.71 Å². The number of hydrogen-bond acceptors (Lipinski definition) is 2. The maximum atomic E-state index is 9.05. The molecule has 1 aliphatic rings. The molecule has 0 aromatic heterocycles. The topological polar surface area (TPSA) is 32.6 Å². The highest BCUT2D eigenvalue weighted by atomic mass is 16.4. The van der Waals surface area contributed by atoms with Crippen LogP contribution in [0.25, 0.3) is 11.1 Å². The van der Waals surface area contributed by atoms with Gasteiger partial charge in [-0.3, -0.25) is 0 Å². The molecule has 0 radical (unpaired) electrons. The maximum absolute atomic E-state index is 9.05. The summed E-state index contributed by atoms with van der Waals surface area (Å²) < 4.78 is 0. The second kappa shape index (κ2) is 3.49. The molecule has 0 aliphatic heterocycles. The summed E-state index contributed by atoms with van der Waals surface area (Å²) in [6.07, 6.45) is 0.698. The summed E-state index contributed by atoms with van der Waals surface area (Å²) in [6.45, 7) is 0. The normalized spacial score (nSPS) is 15.6. The summed E-state index contributed by atoms with van der Waals surface area (Å²) in [4.78, 5) is 0. The van der Waals surface area contributed by atoms with Crippen LogP contribution in [0.4, 0.5) is 0 Å². The van der Waals surface area contributed by atoms with Crippen LogP contribution in [0, 0.1) is 0 Å². The molecular weight excluding hydrogens is 198 g/mol. The van der Waals surface area contributed by atoms with Gasteiger partial charge in [0.25, 0.3) is 0 Å². The first kappa shape index (κ1) is 9.16. The van der Waals surface area contributed by atoms with Crippen molar-refractivity contribution in [2.75, 3.05) is 0 Å². The molecule has 0 saturated carbocycles. The number of benzene rings is 2. The van der Waals surface area contributed by atoms with Gasteiger partial charge in [0, 0.05) is 12.0 Å². The zero-order valence-corrected chi connectivity index (χ0v) is 8.72. The first-order valence-electron chi connectivity index (χ1n) is 5.29. The third kappa shape index (κ3) is 1.23. The van der Waals surface area contributed by atoms with Crippen LogP contribution in [0.2, 0.25) is 0 Å². The predicted molar refractivity (Wildman–Crippen MR) is 63.9 cm³/mol. The minimum atomic E-state index is 0.698. The second-order valence-corrected chi connectivity index (χ2v) is 3.93. The van der Waals surface area contributed by atoms with E-state index in [1.54, 1.807) is 0 Å². The summed E-state index contributed by atoms with van der Waals surface area (Å²) in [7, 11) is 0. The average Bonchev–Trinajstić information content (AvgIpc) is 2.38. The minimum absolute atomic E-state index is 0.698. The number of nitrogens with zero attached hydrogens (tertiary/aromatic N) is 1. The first-order chi connectivity index (χ1) is 7.90. The highest BCUT2D eigenvalue weighted by Gasteiger charge is 2.20. The van der Waals surface area contributed by atoms with Crippen LogP contribution in [0.3, 0.4) is 0 Å². The molecule has 78 valence electrons. The molecule has 0 fully saturated rings. The molecule has 2 aromatic carbocycles. The van der Waals surface area contributed by atoms with Crippen LogP contribution in [-0.4, -0.2) is 10.9 Å². The predicted octanol–water partition coefficient (Wildman–Crippen LogP) is 3.09. The number of rotatable bonds is 0. The Morgan fingerprint density at radius 2 is 1.44 bits per heavy atom. The van der Waals surface area contributed by atoms with E-state index in [9.17, 15) is 0 Å². The minimum Gasteiger partial charge on any atom is -0.411 e. The van der Waals surface area contributed by atoms with Crippen LogP contribution in [0.15, 0.2) is 53.7 Å². The van der Waals surface area contributed by atoms with Gasteiger partial charge in [0.15, 0.2) is 0 Å². The lowest BCUT2D eigenvalue weighted by molar-refractivity contribution is 0.318. The SMILES string of the molecule is ON=C1Cc2ccccc2-c2ccccc21. The Bertz CT molecular complexity index is 572. The van der Waals surface area contributed by atoms with Gasteiger partial charge >= 0.3 is 0 Å². The van der Waals surface area contributed by atoms with Crippen molar-refractivity contribution >= 4 is 5.71 Å². The van der Waals surface area contributed by atoms with Crippen LogP contribution in [0.1, 0.15) is 11.1 Å². The highest BCUT2D eigenvalue weighted by Crippen LogP contribution is 2.33. The van der Waals surface area contributed by atoms with E-state index in [4.69, 9.17) is 5.21 Å². The van der Waals surface area contributed by atoms with E-state index < -0.39 is 0 Å². The lowest BCUT2D eigenvalue weighted by Crippen LogP contribution is -2.13. The molecule has 1 aliphatic carbocycles. The van der Waals surface area contributed by atoms with Crippen molar-refractivity contribution < 1.29 is 5.21 Å². The Morgan fingerprint density at radius 3 is 2.19 bits per heavy atom. The van der Waals surface area contributed by atoms with Gasteiger partial charge in [-0.2, -0.15) is 0 Å². The molecule has 2 heteroatoms. The van der Waals surface area contributed by atoms with Gasteiger partial charge in [-0.25, -0.2) is 0 Å². The van der Waals surface area contributed by atoms with Crippen LogP contribution in [-0.2, 0) is 6.42 Å². The smallest absolute Gasteiger partial charge is 0.0917 e. The van der Waals surface area contributed by atoms with Gasteiger partial charge in [-0.15, -0.1) is 0 Å². The molecule has 0 unspecified atom stereocenters. The van der Waals surface area contributed by atoms with Gasteiger partial charge in [0.2, 0.25) is 0 Å². The van der Waals surface area contributed by atoms with Crippen LogP contribution >= 0.6 is 0 Å². The van der Waals surface area contributed by atoms with Crippen molar-refractivity contribution in [3.8, 4) is 11.1 Å². The summed E-state index contributed by atoms with van der Waals surface area (Å²) in [5.74, 6) is 0. The Balaban J connectivity index is 2.33. The zero-order valence-electron chi connectivity index (χ0n) is 8.72. The van der Waals surface area contributed by atoms with Gasteiger partial charge in [-0.05, 0) is 16.7 Å². The van der Waals surface area contributed by atoms with Crippen LogP contribution < -0.4 is 0 Å². The Hall–Kier alpha value is -2.09. The number of hydrogen-bond donors (Lipinski definition) is 1. The molecule has 0 bridgehead atoms. The lowest BCUT2D eigenvalue weighted by atomic mass is 9.84. The van der Waals surface area contributed by atoms with Gasteiger partial charge in [-0.1, -0.05) is 53.7 Å². The standard InChI is InChI=1S/C14H11NO/c16-15-14-9-10-5-1-2-6-11(10)12-7-3-4-8-13(12)14/h1-8,16H,9H2. The van der Waals surface area contributed by atoms with E-state index in [1.165, 1.54) is 11.1 Å². The van der Waals surface area contributed by atoms with Crippen molar-refractivity contribution in [2.24, 2.45) is 5.16 Å². The summed E-state index contributed by atoms with van der Waals surface area (Å²) in [5.41, 5.74) is 5.38. The molecular formula is C14H11NO. The fraction of sp³-hybridized carbons (Fsp3) is 0.0714. The van der Waals surface area contributed by atoms with E-state index in [2.05, 4.69) is 23.4 Å². The molecule has 0 spiro atoms. The number of oxime groups is 1. The Morgan fingerprint density at radius 1 is 0.812 bits per heavy atom. The van der Waals surface area contributed by atoms with Crippen molar-refractivity contribution in [3.05, 3.63) is 59.7 Å². The fourth-order valence-electron chi connectivity index (χ4n) is 2.27. The molecule has 1 N–H and O–H groups in total. The Kier molecular flexibility index (Phi) is 2.00. The third-order valence-corrected chi connectivity index (χ3v) is 3.02. The van der Waals surface area contributed by atoms with Gasteiger partial charge in [0.1, 0.15) is 0 Å². The van der Waals surface area contributed by atoms with E-state index in [1.807, 2.05) is 30.3 Å². The van der Waals surface area contributed by atoms with Crippen molar-refractivity contribution in [2.45, 2.75) is 6.42 Å². The highest BCUT2D eigenvalue weighted by molar-refractivity contribution is 6.10. The molecule has 0 amide bonds. The monoisotopic (exact) mass is 209 g/mol. The molecule has 0 saturated heterocycles. The Labute approximate surface area is 93.9 Å². The van der Waals surface area contributed by atoms with E-state index in [-0.39, 0.29) is 0 Å². The molecule has 3 rings (SSSR count). The molecule has 0 atom stereocenters. The zero-order chi connectivity index (χ0) is 11.0. The van der Waals surface area contributed by atoms with E-state index in [0.717, 1.165) is 16.8 Å². The molecule has 0 heterocycles. The lowest BCUT2D eigenvalue weighted by Gasteiger charge is -2.20. The molecule has 2 nitrogen and oxygen atoms in total. The van der Waals surface area contributed by atoms with Crippen molar-refractivity contribution in [3.63, 3.8) is 0 Å². The number of fused-ring (bicyclic) bond motifs is 3. The quantitative estimate of drug-likeness (QED) is 0.525. The van der Waals surface area contributed by atoms with Gasteiger partial charge < -0.3 is 5.21 Å². The largest absolute Gasteiger partial charge is 0.411 e. The van der Waals surface area contributed by atoms with Crippen molar-refractivity contribution in [1.29, 1.82) is 0 Å². The molecule has 16 heavy (non-hydrogen) atoms. The summed E-state index contributed by atoms with van der Waals surface area (Å²) in [5, 5.41) is 12.5. The van der Waals surface area contributed by atoms with Crippen LogP contribution in [0.5, 0.6) is 0 Å². The van der Waals surface area contributed by atoms with Crippen molar-refractivity contribution in [1.82, 2.24) is 0 Å². The third-order valence-electron chi connectivity index (χ3n) is 3.02. The molecule has 2 aromatic rings.